The second kappa shape index (κ2) is 4.46. The van der Waals surface area contributed by atoms with Crippen LogP contribution in [0.2, 0.25) is 0 Å². The summed E-state index contributed by atoms with van der Waals surface area (Å²) in [6.07, 6.45) is 5.56. The van der Waals surface area contributed by atoms with Crippen molar-refractivity contribution >= 4 is 10.9 Å². The summed E-state index contributed by atoms with van der Waals surface area (Å²) < 4.78 is 0. The predicted octanol–water partition coefficient (Wildman–Crippen LogP) is 4.27. The van der Waals surface area contributed by atoms with E-state index in [2.05, 4.69) is 49.0 Å². The van der Waals surface area contributed by atoms with Gasteiger partial charge in [0.25, 0.3) is 0 Å². The third-order valence-electron chi connectivity index (χ3n) is 3.38. The first kappa shape index (κ1) is 12.6. The second-order valence-corrected chi connectivity index (χ2v) is 5.57. The van der Waals surface area contributed by atoms with Crippen molar-refractivity contribution in [3.63, 3.8) is 0 Å². The Bertz CT molecular complexity index is 615. The van der Waals surface area contributed by atoms with E-state index in [1.807, 2.05) is 19.9 Å². The quantitative estimate of drug-likeness (QED) is 0.711. The Morgan fingerprint density at radius 2 is 1.89 bits per heavy atom. The molecule has 1 heteroatoms. The Morgan fingerprint density at radius 1 is 1.17 bits per heavy atom. The van der Waals surface area contributed by atoms with Crippen molar-refractivity contribution in [1.29, 1.82) is 0 Å². The average Bonchev–Trinajstić information content (AvgIpc) is 2.37. The van der Waals surface area contributed by atoms with Gasteiger partial charge in [0.15, 0.2) is 0 Å². The molecule has 0 spiro atoms. The van der Waals surface area contributed by atoms with Crippen LogP contribution in [-0.2, 0) is 5.41 Å². The lowest BCUT2D eigenvalue weighted by molar-refractivity contribution is 0.674. The van der Waals surface area contributed by atoms with Crippen molar-refractivity contribution in [2.45, 2.75) is 39.0 Å². The number of fused-ring (bicyclic) bond motifs is 1. The first-order valence-corrected chi connectivity index (χ1v) is 6.33. The lowest BCUT2D eigenvalue weighted by atomic mass is 9.89. The van der Waals surface area contributed by atoms with Crippen LogP contribution in [0.1, 0.15) is 44.9 Å². The molecule has 0 amide bonds. The maximum absolute atomic E-state index is 5.56. The molecule has 1 nitrogen and oxygen atoms in total. The van der Waals surface area contributed by atoms with Crippen LogP contribution in [0.3, 0.4) is 0 Å². The normalized spacial score (nSPS) is 11.8. The van der Waals surface area contributed by atoms with E-state index < -0.39 is 0 Å². The lowest BCUT2D eigenvalue weighted by Crippen LogP contribution is -2.15. The minimum atomic E-state index is -0.315. The van der Waals surface area contributed by atoms with E-state index in [0.29, 0.717) is 5.92 Å². The number of rotatable bonds is 2. The molecule has 0 atom stereocenters. The summed E-state index contributed by atoms with van der Waals surface area (Å²) in [6, 6.07) is 10.6. The van der Waals surface area contributed by atoms with Crippen LogP contribution in [0.15, 0.2) is 30.3 Å². The minimum Gasteiger partial charge on any atom is -0.251 e. The Hall–Kier alpha value is -1.81. The Labute approximate surface area is 109 Å². The van der Waals surface area contributed by atoms with Crippen LogP contribution in [0.5, 0.6) is 0 Å². The summed E-state index contributed by atoms with van der Waals surface area (Å²) in [4.78, 5) is 4.68. The fourth-order valence-electron chi connectivity index (χ4n) is 1.93. The lowest BCUT2D eigenvalue weighted by Gasteiger charge is -2.17. The third kappa shape index (κ3) is 2.24. The van der Waals surface area contributed by atoms with Gasteiger partial charge in [-0.25, -0.2) is 0 Å². The number of benzene rings is 1. The SMILES string of the molecule is C#CC(C)(C)c1ccc2cc(C(C)C)ccc2n1. The van der Waals surface area contributed by atoms with Gasteiger partial charge in [0, 0.05) is 5.39 Å². The average molecular weight is 237 g/mol. The van der Waals surface area contributed by atoms with E-state index in [1.54, 1.807) is 0 Å². The molecule has 0 aliphatic heterocycles. The number of nitrogens with zero attached hydrogens (tertiary/aromatic N) is 1. The highest BCUT2D eigenvalue weighted by Crippen LogP contribution is 2.25. The first-order valence-electron chi connectivity index (χ1n) is 6.33. The number of terminal acetylenes is 1. The standard InChI is InChI=1S/C17H19N/c1-6-17(4,5)16-10-8-14-11-13(12(2)3)7-9-15(14)18-16/h1,7-12H,2-5H3. The Kier molecular flexibility index (Phi) is 3.13. The van der Waals surface area contributed by atoms with Crippen LogP contribution in [-0.4, -0.2) is 4.98 Å². The van der Waals surface area contributed by atoms with E-state index in [1.165, 1.54) is 10.9 Å². The fraction of sp³-hybridized carbons (Fsp3) is 0.353. The number of aromatic nitrogens is 1. The van der Waals surface area contributed by atoms with Gasteiger partial charge in [0.2, 0.25) is 0 Å². The highest BCUT2D eigenvalue weighted by atomic mass is 14.7. The van der Waals surface area contributed by atoms with Gasteiger partial charge >= 0.3 is 0 Å². The molecule has 1 aromatic heterocycles. The van der Waals surface area contributed by atoms with Gasteiger partial charge in [-0.05, 0) is 43.5 Å². The Morgan fingerprint density at radius 3 is 2.50 bits per heavy atom. The maximum Gasteiger partial charge on any atom is 0.0706 e. The fourth-order valence-corrected chi connectivity index (χ4v) is 1.93. The minimum absolute atomic E-state index is 0.315. The highest BCUT2D eigenvalue weighted by Gasteiger charge is 2.19. The molecule has 92 valence electrons. The van der Waals surface area contributed by atoms with Crippen molar-refractivity contribution < 1.29 is 0 Å². The zero-order valence-corrected chi connectivity index (χ0v) is 11.5. The predicted molar refractivity (Wildman–Crippen MR) is 77.7 cm³/mol. The molecular weight excluding hydrogens is 218 g/mol. The molecular formula is C17H19N. The molecule has 0 aliphatic rings. The first-order chi connectivity index (χ1) is 8.44. The van der Waals surface area contributed by atoms with E-state index in [0.717, 1.165) is 11.2 Å². The van der Waals surface area contributed by atoms with Crippen LogP contribution < -0.4 is 0 Å². The van der Waals surface area contributed by atoms with Crippen LogP contribution in [0, 0.1) is 12.3 Å². The molecule has 0 unspecified atom stereocenters. The molecule has 2 aromatic rings. The molecule has 0 saturated carbocycles. The van der Waals surface area contributed by atoms with Gasteiger partial charge in [0.1, 0.15) is 0 Å². The summed E-state index contributed by atoms with van der Waals surface area (Å²) in [6.45, 7) is 8.43. The van der Waals surface area contributed by atoms with Gasteiger partial charge in [-0.15, -0.1) is 6.42 Å². The molecule has 0 fully saturated rings. The monoisotopic (exact) mass is 237 g/mol. The van der Waals surface area contributed by atoms with Crippen molar-refractivity contribution in [1.82, 2.24) is 4.98 Å². The molecule has 0 saturated heterocycles. The van der Waals surface area contributed by atoms with Gasteiger partial charge in [0.05, 0.1) is 16.6 Å². The zero-order valence-electron chi connectivity index (χ0n) is 11.5. The second-order valence-electron chi connectivity index (χ2n) is 5.57. The highest BCUT2D eigenvalue weighted by molar-refractivity contribution is 5.79. The molecule has 1 aromatic carbocycles. The topological polar surface area (TPSA) is 12.9 Å². The number of pyridine rings is 1. The number of hydrogen-bond acceptors (Lipinski definition) is 1. The van der Waals surface area contributed by atoms with E-state index in [-0.39, 0.29) is 5.41 Å². The molecule has 0 bridgehead atoms. The van der Waals surface area contributed by atoms with Gasteiger partial charge < -0.3 is 0 Å². The maximum atomic E-state index is 5.56. The van der Waals surface area contributed by atoms with Crippen LogP contribution >= 0.6 is 0 Å². The summed E-state index contributed by atoms with van der Waals surface area (Å²) in [5.41, 5.74) is 2.99. The molecule has 18 heavy (non-hydrogen) atoms. The molecule has 0 aliphatic carbocycles. The van der Waals surface area contributed by atoms with Gasteiger partial charge in [-0.1, -0.05) is 31.9 Å². The van der Waals surface area contributed by atoms with E-state index >= 15 is 0 Å². The van der Waals surface area contributed by atoms with Gasteiger partial charge in [-0.3, -0.25) is 4.98 Å². The van der Waals surface area contributed by atoms with E-state index in [9.17, 15) is 0 Å². The summed E-state index contributed by atoms with van der Waals surface area (Å²) in [7, 11) is 0. The van der Waals surface area contributed by atoms with Crippen molar-refractivity contribution in [2.24, 2.45) is 0 Å². The molecule has 1 heterocycles. The smallest absolute Gasteiger partial charge is 0.0706 e. The Balaban J connectivity index is 2.55. The van der Waals surface area contributed by atoms with Crippen molar-refractivity contribution in [3.05, 3.63) is 41.6 Å². The molecule has 0 N–H and O–H groups in total. The third-order valence-corrected chi connectivity index (χ3v) is 3.38. The van der Waals surface area contributed by atoms with Crippen LogP contribution in [0.4, 0.5) is 0 Å². The number of hydrogen-bond donors (Lipinski definition) is 0. The summed E-state index contributed by atoms with van der Waals surface area (Å²) in [5, 5.41) is 1.18. The summed E-state index contributed by atoms with van der Waals surface area (Å²) >= 11 is 0. The zero-order chi connectivity index (χ0) is 13.3. The summed E-state index contributed by atoms with van der Waals surface area (Å²) in [5.74, 6) is 3.33. The largest absolute Gasteiger partial charge is 0.251 e. The molecule has 2 rings (SSSR count). The van der Waals surface area contributed by atoms with Crippen molar-refractivity contribution in [2.75, 3.05) is 0 Å². The van der Waals surface area contributed by atoms with Gasteiger partial charge in [-0.2, -0.15) is 0 Å². The van der Waals surface area contributed by atoms with Crippen LogP contribution in [0.25, 0.3) is 10.9 Å². The molecule has 0 radical (unpaired) electrons. The van der Waals surface area contributed by atoms with E-state index in [4.69, 9.17) is 6.42 Å². The van der Waals surface area contributed by atoms with Crippen molar-refractivity contribution in [3.8, 4) is 12.3 Å².